The molecule has 0 fully saturated rings. The third-order valence-electron chi connectivity index (χ3n) is 3.49. The molecule has 0 saturated heterocycles. The Hall–Kier alpha value is -0.980. The van der Waals surface area contributed by atoms with Crippen LogP contribution in [0.3, 0.4) is 0 Å². The van der Waals surface area contributed by atoms with Gasteiger partial charge in [0.25, 0.3) is 0 Å². The van der Waals surface area contributed by atoms with Gasteiger partial charge in [-0.15, -0.1) is 24.0 Å². The lowest BCUT2D eigenvalue weighted by atomic mass is 10.1. The molecular weight excluding hydrogens is 389 g/mol. The average Bonchev–Trinajstić information content (AvgIpc) is 2.51. The normalized spacial score (nSPS) is 12.3. The van der Waals surface area contributed by atoms with E-state index in [-0.39, 0.29) is 24.0 Å². The number of unbranched alkanes of at least 4 members (excludes halogenated alkanes) is 2. The molecular formula is C17H30IN3O. The highest BCUT2D eigenvalue weighted by Crippen LogP contribution is 2.16. The molecule has 0 spiro atoms. The van der Waals surface area contributed by atoms with E-state index in [4.69, 9.17) is 4.74 Å². The van der Waals surface area contributed by atoms with Gasteiger partial charge in [0.1, 0.15) is 5.75 Å². The summed E-state index contributed by atoms with van der Waals surface area (Å²) in [5.74, 6) is 1.74. The van der Waals surface area contributed by atoms with Crippen molar-refractivity contribution in [3.05, 3.63) is 29.8 Å². The highest BCUT2D eigenvalue weighted by atomic mass is 127. The van der Waals surface area contributed by atoms with Gasteiger partial charge >= 0.3 is 0 Å². The van der Waals surface area contributed by atoms with E-state index in [0.717, 1.165) is 17.3 Å². The maximum atomic E-state index is 5.36. The predicted octanol–water partition coefficient (Wildman–Crippen LogP) is 3.95. The lowest BCUT2D eigenvalue weighted by Crippen LogP contribution is -2.41. The molecule has 126 valence electrons. The van der Waals surface area contributed by atoms with E-state index in [0.29, 0.717) is 12.6 Å². The third-order valence-corrected chi connectivity index (χ3v) is 3.49. The van der Waals surface area contributed by atoms with Crippen LogP contribution in [0.1, 0.15) is 45.1 Å². The van der Waals surface area contributed by atoms with E-state index in [9.17, 15) is 0 Å². The Bertz CT molecular complexity index is 438. The summed E-state index contributed by atoms with van der Waals surface area (Å²) in [6, 6.07) is 8.46. The van der Waals surface area contributed by atoms with Crippen LogP contribution >= 0.6 is 24.0 Å². The molecule has 0 saturated carbocycles. The summed E-state index contributed by atoms with van der Waals surface area (Å²) in [4.78, 5) is 4.28. The second-order valence-electron chi connectivity index (χ2n) is 5.28. The minimum atomic E-state index is 0. The van der Waals surface area contributed by atoms with Gasteiger partial charge in [0.15, 0.2) is 5.96 Å². The molecule has 1 atom stereocenters. The molecule has 4 nitrogen and oxygen atoms in total. The van der Waals surface area contributed by atoms with Crippen LogP contribution in [-0.4, -0.2) is 26.2 Å². The van der Waals surface area contributed by atoms with E-state index in [1.54, 1.807) is 14.2 Å². The number of para-hydroxylation sites is 1. The number of aliphatic imine (C=N–C) groups is 1. The van der Waals surface area contributed by atoms with Crippen LogP contribution in [0.4, 0.5) is 0 Å². The van der Waals surface area contributed by atoms with Crippen molar-refractivity contribution < 1.29 is 4.74 Å². The standard InChI is InChI=1S/C17H29N3O.HI/c1-5-6-7-10-14(2)20-17(18-3)19-13-15-11-8-9-12-16(15)21-4;/h8-9,11-12,14H,5-7,10,13H2,1-4H3,(H2,18,19,20);1H. The number of benzene rings is 1. The molecule has 2 N–H and O–H groups in total. The molecule has 0 radical (unpaired) electrons. The maximum absolute atomic E-state index is 5.36. The summed E-state index contributed by atoms with van der Waals surface area (Å²) in [6.07, 6.45) is 4.98. The van der Waals surface area contributed by atoms with Crippen molar-refractivity contribution >= 4 is 29.9 Å². The lowest BCUT2D eigenvalue weighted by Gasteiger charge is -2.18. The summed E-state index contributed by atoms with van der Waals surface area (Å²) in [7, 11) is 3.50. The zero-order valence-corrected chi connectivity index (χ0v) is 16.5. The Morgan fingerprint density at radius 1 is 1.27 bits per heavy atom. The summed E-state index contributed by atoms with van der Waals surface area (Å²) in [5, 5.41) is 6.77. The van der Waals surface area contributed by atoms with Gasteiger partial charge in [-0.3, -0.25) is 4.99 Å². The summed E-state index contributed by atoms with van der Waals surface area (Å²) in [5.41, 5.74) is 1.13. The number of halogens is 1. The van der Waals surface area contributed by atoms with Crippen molar-refractivity contribution in [3.8, 4) is 5.75 Å². The highest BCUT2D eigenvalue weighted by molar-refractivity contribution is 14.0. The largest absolute Gasteiger partial charge is 0.496 e. The minimum absolute atomic E-state index is 0. The summed E-state index contributed by atoms with van der Waals surface area (Å²) in [6.45, 7) is 5.13. The van der Waals surface area contributed by atoms with Gasteiger partial charge in [0.05, 0.1) is 7.11 Å². The molecule has 1 rings (SSSR count). The lowest BCUT2D eigenvalue weighted by molar-refractivity contribution is 0.409. The first-order chi connectivity index (χ1) is 10.2. The van der Waals surface area contributed by atoms with E-state index >= 15 is 0 Å². The van der Waals surface area contributed by atoms with Crippen LogP contribution in [0.15, 0.2) is 29.3 Å². The molecule has 0 bridgehead atoms. The monoisotopic (exact) mass is 419 g/mol. The zero-order chi connectivity index (χ0) is 15.5. The topological polar surface area (TPSA) is 45.7 Å². The van der Waals surface area contributed by atoms with Gasteiger partial charge in [0, 0.05) is 25.2 Å². The smallest absolute Gasteiger partial charge is 0.191 e. The number of guanidine groups is 1. The van der Waals surface area contributed by atoms with Gasteiger partial charge in [0.2, 0.25) is 0 Å². The minimum Gasteiger partial charge on any atom is -0.496 e. The van der Waals surface area contributed by atoms with Gasteiger partial charge in [-0.2, -0.15) is 0 Å². The van der Waals surface area contributed by atoms with E-state index in [1.165, 1.54) is 25.7 Å². The van der Waals surface area contributed by atoms with Crippen LogP contribution in [0.25, 0.3) is 0 Å². The number of nitrogens with zero attached hydrogens (tertiary/aromatic N) is 1. The fourth-order valence-electron chi connectivity index (χ4n) is 2.23. The van der Waals surface area contributed by atoms with Crippen molar-refractivity contribution in [3.63, 3.8) is 0 Å². The third kappa shape index (κ3) is 7.87. The van der Waals surface area contributed by atoms with E-state index in [2.05, 4.69) is 35.5 Å². The molecule has 0 amide bonds. The number of nitrogens with one attached hydrogen (secondary N) is 2. The van der Waals surface area contributed by atoms with Gasteiger partial charge < -0.3 is 15.4 Å². The first kappa shape index (κ1) is 21.0. The molecule has 1 unspecified atom stereocenters. The highest BCUT2D eigenvalue weighted by Gasteiger charge is 2.06. The first-order valence-corrected chi connectivity index (χ1v) is 7.80. The Labute approximate surface area is 152 Å². The quantitative estimate of drug-likeness (QED) is 0.290. The van der Waals surface area contributed by atoms with Gasteiger partial charge in [-0.05, 0) is 19.4 Å². The Morgan fingerprint density at radius 3 is 2.64 bits per heavy atom. The van der Waals surface area contributed by atoms with Crippen molar-refractivity contribution in [2.45, 2.75) is 52.1 Å². The maximum Gasteiger partial charge on any atom is 0.191 e. The van der Waals surface area contributed by atoms with Crippen LogP contribution in [0.2, 0.25) is 0 Å². The fourth-order valence-corrected chi connectivity index (χ4v) is 2.23. The molecule has 5 heteroatoms. The Balaban J connectivity index is 0.00000441. The van der Waals surface area contributed by atoms with Crippen LogP contribution < -0.4 is 15.4 Å². The van der Waals surface area contributed by atoms with Crippen molar-refractivity contribution in [2.24, 2.45) is 4.99 Å². The van der Waals surface area contributed by atoms with Crippen LogP contribution in [0, 0.1) is 0 Å². The predicted molar refractivity (Wildman–Crippen MR) is 105 cm³/mol. The molecule has 0 heterocycles. The number of hydrogen-bond acceptors (Lipinski definition) is 2. The van der Waals surface area contributed by atoms with E-state index in [1.807, 2.05) is 18.2 Å². The zero-order valence-electron chi connectivity index (χ0n) is 14.2. The second-order valence-corrected chi connectivity index (χ2v) is 5.28. The number of hydrogen-bond donors (Lipinski definition) is 2. The van der Waals surface area contributed by atoms with Crippen molar-refractivity contribution in [1.29, 1.82) is 0 Å². The number of rotatable bonds is 8. The SMILES string of the molecule is CCCCCC(C)NC(=NC)NCc1ccccc1OC.I. The molecule has 1 aromatic carbocycles. The molecule has 0 aromatic heterocycles. The fraction of sp³-hybridized carbons (Fsp3) is 0.588. The van der Waals surface area contributed by atoms with Crippen LogP contribution in [0.5, 0.6) is 5.75 Å². The number of methoxy groups -OCH3 is 1. The molecule has 0 aliphatic rings. The molecule has 22 heavy (non-hydrogen) atoms. The Kier molecular flexibility index (Phi) is 12.0. The molecule has 0 aliphatic carbocycles. The summed E-state index contributed by atoms with van der Waals surface area (Å²) < 4.78 is 5.36. The van der Waals surface area contributed by atoms with E-state index < -0.39 is 0 Å². The Morgan fingerprint density at radius 2 is 2.00 bits per heavy atom. The van der Waals surface area contributed by atoms with Crippen LogP contribution in [-0.2, 0) is 6.54 Å². The first-order valence-electron chi connectivity index (χ1n) is 7.80. The second kappa shape index (κ2) is 12.6. The number of ether oxygens (including phenoxy) is 1. The van der Waals surface area contributed by atoms with Crippen molar-refractivity contribution in [1.82, 2.24) is 10.6 Å². The van der Waals surface area contributed by atoms with Gasteiger partial charge in [-0.1, -0.05) is 44.4 Å². The molecule has 0 aliphatic heterocycles. The summed E-state index contributed by atoms with van der Waals surface area (Å²) >= 11 is 0. The average molecular weight is 419 g/mol. The van der Waals surface area contributed by atoms with Gasteiger partial charge in [-0.25, -0.2) is 0 Å². The van der Waals surface area contributed by atoms with Crippen molar-refractivity contribution in [2.75, 3.05) is 14.2 Å². The molecule has 1 aromatic rings.